The van der Waals surface area contributed by atoms with Crippen LogP contribution in [0.4, 0.5) is 0 Å². The van der Waals surface area contributed by atoms with Gasteiger partial charge in [-0.15, -0.1) is 0 Å². The van der Waals surface area contributed by atoms with Gasteiger partial charge in [0.25, 0.3) is 0 Å². The van der Waals surface area contributed by atoms with Gasteiger partial charge >= 0.3 is 0 Å². The van der Waals surface area contributed by atoms with Crippen LogP contribution in [0.1, 0.15) is 6.04 Å². The minimum atomic E-state index is 0.538. The summed E-state index contributed by atoms with van der Waals surface area (Å²) >= 11 is 2.20. The Hall–Kier alpha value is -0.100. The van der Waals surface area contributed by atoms with Gasteiger partial charge in [-0.05, 0) is 22.6 Å². The van der Waals surface area contributed by atoms with Crippen LogP contribution in [0.5, 0.6) is 0 Å². The SMILES string of the molecule is Ic1cn(C2COC2)cn1. The predicted molar refractivity (Wildman–Crippen MR) is 44.8 cm³/mol. The highest BCUT2D eigenvalue weighted by atomic mass is 127. The van der Waals surface area contributed by atoms with E-state index in [1.807, 2.05) is 12.5 Å². The third-order valence-corrected chi connectivity index (χ3v) is 2.17. The van der Waals surface area contributed by atoms with E-state index in [2.05, 4.69) is 32.1 Å². The highest BCUT2D eigenvalue weighted by Crippen LogP contribution is 2.17. The van der Waals surface area contributed by atoms with Crippen molar-refractivity contribution >= 4 is 22.6 Å². The number of halogens is 1. The summed E-state index contributed by atoms with van der Waals surface area (Å²) in [7, 11) is 0. The first kappa shape index (κ1) is 6.60. The second kappa shape index (κ2) is 2.50. The second-order valence-corrected chi connectivity index (χ2v) is 3.44. The quantitative estimate of drug-likeness (QED) is 0.697. The van der Waals surface area contributed by atoms with E-state index >= 15 is 0 Å². The lowest BCUT2D eigenvalue weighted by Gasteiger charge is -2.26. The van der Waals surface area contributed by atoms with E-state index in [9.17, 15) is 0 Å². The molecule has 2 rings (SSSR count). The maximum Gasteiger partial charge on any atom is 0.119 e. The van der Waals surface area contributed by atoms with E-state index < -0.39 is 0 Å². The molecule has 4 heteroatoms. The third-order valence-electron chi connectivity index (χ3n) is 1.61. The molecular weight excluding hydrogens is 243 g/mol. The molecule has 1 aliphatic rings. The molecule has 54 valence electrons. The molecule has 0 N–H and O–H groups in total. The molecule has 1 aliphatic heterocycles. The molecule has 10 heavy (non-hydrogen) atoms. The number of rotatable bonds is 1. The summed E-state index contributed by atoms with van der Waals surface area (Å²) in [5, 5.41) is 0. The van der Waals surface area contributed by atoms with E-state index in [1.54, 1.807) is 0 Å². The van der Waals surface area contributed by atoms with Gasteiger partial charge in [0.2, 0.25) is 0 Å². The van der Waals surface area contributed by atoms with Crippen LogP contribution in [0.25, 0.3) is 0 Å². The first-order valence-corrected chi connectivity index (χ1v) is 4.21. The van der Waals surface area contributed by atoms with E-state index in [0.717, 1.165) is 16.9 Å². The average molecular weight is 250 g/mol. The average Bonchev–Trinajstić information content (AvgIpc) is 2.10. The van der Waals surface area contributed by atoms with Crippen molar-refractivity contribution in [3.63, 3.8) is 0 Å². The van der Waals surface area contributed by atoms with Gasteiger partial charge in [-0.25, -0.2) is 4.98 Å². The molecule has 0 spiro atoms. The lowest BCUT2D eigenvalue weighted by Crippen LogP contribution is -2.29. The molecule has 0 aliphatic carbocycles. The molecular formula is C6H7IN2O. The number of ether oxygens (including phenoxy) is 1. The lowest BCUT2D eigenvalue weighted by molar-refractivity contribution is -0.0233. The molecule has 1 aromatic heterocycles. The van der Waals surface area contributed by atoms with Crippen LogP contribution in [-0.4, -0.2) is 22.8 Å². The molecule has 0 amide bonds. The minimum Gasteiger partial charge on any atom is -0.377 e. The summed E-state index contributed by atoms with van der Waals surface area (Å²) in [6, 6.07) is 0.538. The maximum atomic E-state index is 5.05. The van der Waals surface area contributed by atoms with Crippen LogP contribution in [-0.2, 0) is 4.74 Å². The summed E-state index contributed by atoms with van der Waals surface area (Å²) < 4.78 is 8.20. The minimum absolute atomic E-state index is 0.538. The first-order chi connectivity index (χ1) is 4.86. The van der Waals surface area contributed by atoms with E-state index in [0.29, 0.717) is 6.04 Å². The molecule has 0 atom stereocenters. The smallest absolute Gasteiger partial charge is 0.119 e. The normalized spacial score (nSPS) is 18.9. The molecule has 3 nitrogen and oxygen atoms in total. The first-order valence-electron chi connectivity index (χ1n) is 3.13. The number of nitrogens with zero attached hydrogens (tertiary/aromatic N) is 2. The van der Waals surface area contributed by atoms with Crippen molar-refractivity contribution in [3.05, 3.63) is 16.2 Å². The van der Waals surface area contributed by atoms with Crippen molar-refractivity contribution in [2.24, 2.45) is 0 Å². The summed E-state index contributed by atoms with van der Waals surface area (Å²) in [6.45, 7) is 1.68. The van der Waals surface area contributed by atoms with Crippen molar-refractivity contribution in [2.75, 3.05) is 13.2 Å². The van der Waals surface area contributed by atoms with Gasteiger partial charge in [-0.1, -0.05) is 0 Å². The van der Waals surface area contributed by atoms with E-state index in [1.165, 1.54) is 0 Å². The Kier molecular flexibility index (Phi) is 1.65. The lowest BCUT2D eigenvalue weighted by atomic mass is 10.3. The topological polar surface area (TPSA) is 27.1 Å². The number of hydrogen-bond acceptors (Lipinski definition) is 2. The summed E-state index contributed by atoms with van der Waals surface area (Å²) in [4.78, 5) is 4.11. The molecule has 1 saturated heterocycles. The second-order valence-electron chi connectivity index (χ2n) is 2.33. The Labute approximate surface area is 72.5 Å². The zero-order chi connectivity index (χ0) is 6.97. The van der Waals surface area contributed by atoms with Crippen molar-refractivity contribution < 1.29 is 4.74 Å². The molecule has 0 radical (unpaired) electrons. The van der Waals surface area contributed by atoms with Gasteiger partial charge in [0.15, 0.2) is 0 Å². The van der Waals surface area contributed by atoms with Crippen LogP contribution in [0, 0.1) is 3.70 Å². The fourth-order valence-electron chi connectivity index (χ4n) is 0.907. The van der Waals surface area contributed by atoms with E-state index in [4.69, 9.17) is 4.74 Å². The Morgan fingerprint density at radius 1 is 1.70 bits per heavy atom. The van der Waals surface area contributed by atoms with Crippen LogP contribution >= 0.6 is 22.6 Å². The van der Waals surface area contributed by atoms with Crippen LogP contribution in [0.15, 0.2) is 12.5 Å². The van der Waals surface area contributed by atoms with Crippen molar-refractivity contribution in [3.8, 4) is 0 Å². The fraction of sp³-hybridized carbons (Fsp3) is 0.500. The largest absolute Gasteiger partial charge is 0.377 e. The maximum absolute atomic E-state index is 5.05. The Morgan fingerprint density at radius 2 is 2.50 bits per heavy atom. The Balaban J connectivity index is 2.17. The standard InChI is InChI=1S/C6H7IN2O/c7-6-1-9(4-8-6)5-2-10-3-5/h1,4-5H,2-3H2. The molecule has 0 saturated carbocycles. The molecule has 2 heterocycles. The highest BCUT2D eigenvalue weighted by molar-refractivity contribution is 14.1. The molecule has 0 bridgehead atoms. The number of imidazole rings is 1. The van der Waals surface area contributed by atoms with Gasteiger partial charge < -0.3 is 9.30 Å². The predicted octanol–water partition coefficient (Wildman–Crippen LogP) is 1.06. The van der Waals surface area contributed by atoms with Gasteiger partial charge in [-0.2, -0.15) is 0 Å². The van der Waals surface area contributed by atoms with Crippen LogP contribution in [0.2, 0.25) is 0 Å². The fourth-order valence-corrected chi connectivity index (χ4v) is 1.35. The van der Waals surface area contributed by atoms with Crippen molar-refractivity contribution in [2.45, 2.75) is 6.04 Å². The van der Waals surface area contributed by atoms with Crippen LogP contribution < -0.4 is 0 Å². The van der Waals surface area contributed by atoms with Gasteiger partial charge in [0, 0.05) is 6.20 Å². The molecule has 1 fully saturated rings. The monoisotopic (exact) mass is 250 g/mol. The van der Waals surface area contributed by atoms with E-state index in [-0.39, 0.29) is 0 Å². The zero-order valence-corrected chi connectivity index (χ0v) is 7.48. The number of hydrogen-bond donors (Lipinski definition) is 0. The molecule has 0 aromatic carbocycles. The summed E-state index contributed by atoms with van der Waals surface area (Å²) in [5.74, 6) is 0. The molecule has 1 aromatic rings. The Morgan fingerprint density at radius 3 is 2.90 bits per heavy atom. The molecule has 0 unspecified atom stereocenters. The summed E-state index contributed by atoms with van der Waals surface area (Å²) in [5.41, 5.74) is 0. The number of aromatic nitrogens is 2. The van der Waals surface area contributed by atoms with Crippen molar-refractivity contribution in [1.29, 1.82) is 0 Å². The van der Waals surface area contributed by atoms with Gasteiger partial charge in [0.05, 0.1) is 25.6 Å². The highest BCUT2D eigenvalue weighted by Gasteiger charge is 2.19. The van der Waals surface area contributed by atoms with Crippen LogP contribution in [0.3, 0.4) is 0 Å². The summed E-state index contributed by atoms with van der Waals surface area (Å²) in [6.07, 6.45) is 3.89. The third kappa shape index (κ3) is 1.05. The zero-order valence-electron chi connectivity index (χ0n) is 5.33. The van der Waals surface area contributed by atoms with Crippen molar-refractivity contribution in [1.82, 2.24) is 9.55 Å². The van der Waals surface area contributed by atoms with Gasteiger partial charge in [-0.3, -0.25) is 0 Å². The Bertz CT molecular complexity index is 231. The van der Waals surface area contributed by atoms with Gasteiger partial charge in [0.1, 0.15) is 3.70 Å².